The number of fused-ring (bicyclic) bond motifs is 1. The average Bonchev–Trinajstić information content (AvgIpc) is 2.76. The second-order valence-electron chi connectivity index (χ2n) is 3.76. The lowest BCUT2D eigenvalue weighted by atomic mass is 10.1. The topological polar surface area (TPSA) is 37.8 Å². The van der Waals surface area contributed by atoms with Crippen LogP contribution in [0.5, 0.6) is 0 Å². The number of nitrogens with zero attached hydrogens (tertiary/aromatic N) is 2. The lowest BCUT2D eigenvalue weighted by Crippen LogP contribution is -2.00. The van der Waals surface area contributed by atoms with Crippen LogP contribution >= 0.6 is 15.9 Å². The number of aromatic nitrogens is 2. The minimum atomic E-state index is 0.846. The molecule has 0 saturated heterocycles. The second kappa shape index (κ2) is 3.96. The summed E-state index contributed by atoms with van der Waals surface area (Å²) in [6, 6.07) is 8.20. The summed E-state index contributed by atoms with van der Waals surface area (Å²) >= 11 is 3.48. The van der Waals surface area contributed by atoms with Crippen LogP contribution in [0, 0.1) is 0 Å². The molecule has 3 nitrogen and oxygen atoms in total. The summed E-state index contributed by atoms with van der Waals surface area (Å²) in [5.74, 6) is 0. The van der Waals surface area contributed by atoms with Crippen LogP contribution in [0.2, 0.25) is 0 Å². The van der Waals surface area contributed by atoms with E-state index in [1.54, 1.807) is 6.33 Å². The summed E-state index contributed by atoms with van der Waals surface area (Å²) in [6.07, 6.45) is 1.64. The van der Waals surface area contributed by atoms with Gasteiger partial charge in [0.1, 0.15) is 6.33 Å². The van der Waals surface area contributed by atoms with E-state index >= 15 is 0 Å². The third kappa shape index (κ3) is 1.64. The fourth-order valence-electron chi connectivity index (χ4n) is 1.98. The number of benzene rings is 1. The van der Waals surface area contributed by atoms with Crippen LogP contribution in [-0.2, 0) is 13.1 Å². The summed E-state index contributed by atoms with van der Waals surface area (Å²) in [5, 5.41) is 3.30. The van der Waals surface area contributed by atoms with Gasteiger partial charge in [0.2, 0.25) is 0 Å². The quantitative estimate of drug-likeness (QED) is 0.869. The first-order valence-electron chi connectivity index (χ1n) is 5.14. The largest absolute Gasteiger partial charge is 0.307 e. The predicted octanol–water partition coefficient (Wildman–Crippen LogP) is 2.51. The third-order valence-electron chi connectivity index (χ3n) is 2.73. The number of nitrogens with one attached hydrogen (secondary N) is 1. The molecule has 0 fully saturated rings. The second-order valence-corrected chi connectivity index (χ2v) is 4.68. The van der Waals surface area contributed by atoms with Crippen molar-refractivity contribution in [3.63, 3.8) is 0 Å². The SMILES string of the molecule is Brc1cccc(-c2ncnc3c2CNC3)c1. The van der Waals surface area contributed by atoms with Gasteiger partial charge in [0, 0.05) is 28.7 Å². The van der Waals surface area contributed by atoms with Gasteiger partial charge in [-0.3, -0.25) is 0 Å². The molecule has 1 aromatic carbocycles. The molecule has 80 valence electrons. The lowest BCUT2D eigenvalue weighted by Gasteiger charge is -2.06. The fraction of sp³-hybridized carbons (Fsp3) is 0.167. The monoisotopic (exact) mass is 275 g/mol. The van der Waals surface area contributed by atoms with Gasteiger partial charge in [-0.05, 0) is 12.1 Å². The minimum absolute atomic E-state index is 0.846. The van der Waals surface area contributed by atoms with E-state index in [-0.39, 0.29) is 0 Å². The number of hydrogen-bond donors (Lipinski definition) is 1. The van der Waals surface area contributed by atoms with Crippen molar-refractivity contribution in [2.24, 2.45) is 0 Å². The summed E-state index contributed by atoms with van der Waals surface area (Å²) in [7, 11) is 0. The molecule has 0 saturated carbocycles. The number of halogens is 1. The molecule has 3 rings (SSSR count). The van der Waals surface area contributed by atoms with Crippen molar-refractivity contribution in [3.8, 4) is 11.3 Å². The zero-order chi connectivity index (χ0) is 11.0. The highest BCUT2D eigenvalue weighted by Crippen LogP contribution is 2.27. The fourth-order valence-corrected chi connectivity index (χ4v) is 2.38. The average molecular weight is 276 g/mol. The number of hydrogen-bond acceptors (Lipinski definition) is 3. The Bertz CT molecular complexity index is 540. The van der Waals surface area contributed by atoms with Gasteiger partial charge < -0.3 is 5.32 Å². The van der Waals surface area contributed by atoms with Gasteiger partial charge in [-0.15, -0.1) is 0 Å². The van der Waals surface area contributed by atoms with Gasteiger partial charge >= 0.3 is 0 Å². The van der Waals surface area contributed by atoms with Crippen LogP contribution in [-0.4, -0.2) is 9.97 Å². The van der Waals surface area contributed by atoms with Gasteiger partial charge in [-0.25, -0.2) is 9.97 Å². The van der Waals surface area contributed by atoms with Gasteiger partial charge in [0.25, 0.3) is 0 Å². The highest BCUT2D eigenvalue weighted by atomic mass is 79.9. The normalized spacial score (nSPS) is 13.8. The zero-order valence-electron chi connectivity index (χ0n) is 8.57. The van der Waals surface area contributed by atoms with E-state index in [0.717, 1.165) is 34.5 Å². The zero-order valence-corrected chi connectivity index (χ0v) is 10.2. The maximum absolute atomic E-state index is 4.39. The predicted molar refractivity (Wildman–Crippen MR) is 65.7 cm³/mol. The molecular formula is C12H10BrN3. The Labute approximate surface area is 102 Å². The van der Waals surface area contributed by atoms with Crippen molar-refractivity contribution < 1.29 is 0 Å². The van der Waals surface area contributed by atoms with E-state index < -0.39 is 0 Å². The summed E-state index contributed by atoms with van der Waals surface area (Å²) in [5.41, 5.74) is 4.51. The summed E-state index contributed by atoms with van der Waals surface area (Å²) in [6.45, 7) is 1.71. The first-order chi connectivity index (χ1) is 7.84. The molecule has 16 heavy (non-hydrogen) atoms. The minimum Gasteiger partial charge on any atom is -0.307 e. The summed E-state index contributed by atoms with van der Waals surface area (Å²) in [4.78, 5) is 8.67. The van der Waals surface area contributed by atoms with Crippen molar-refractivity contribution in [3.05, 3.63) is 46.3 Å². The van der Waals surface area contributed by atoms with Gasteiger partial charge in [0.05, 0.1) is 11.4 Å². The van der Waals surface area contributed by atoms with Crippen molar-refractivity contribution in [2.45, 2.75) is 13.1 Å². The Hall–Kier alpha value is -1.26. The maximum Gasteiger partial charge on any atom is 0.116 e. The molecule has 0 radical (unpaired) electrons. The molecule has 1 aliphatic heterocycles. The molecule has 2 heterocycles. The van der Waals surface area contributed by atoms with E-state index in [1.807, 2.05) is 12.1 Å². The van der Waals surface area contributed by atoms with Crippen LogP contribution in [0.3, 0.4) is 0 Å². The van der Waals surface area contributed by atoms with E-state index in [2.05, 4.69) is 43.3 Å². The summed E-state index contributed by atoms with van der Waals surface area (Å²) < 4.78 is 1.07. The number of rotatable bonds is 1. The molecule has 1 aliphatic rings. The Kier molecular flexibility index (Phi) is 2.46. The highest BCUT2D eigenvalue weighted by molar-refractivity contribution is 9.10. The van der Waals surface area contributed by atoms with Crippen LogP contribution in [0.15, 0.2) is 35.1 Å². The van der Waals surface area contributed by atoms with Crippen LogP contribution in [0.25, 0.3) is 11.3 Å². The molecule has 1 N–H and O–H groups in total. The first-order valence-corrected chi connectivity index (χ1v) is 5.93. The van der Waals surface area contributed by atoms with Gasteiger partial charge in [-0.1, -0.05) is 28.1 Å². The van der Waals surface area contributed by atoms with Crippen LogP contribution in [0.1, 0.15) is 11.3 Å². The Balaban J connectivity index is 2.17. The molecular weight excluding hydrogens is 266 g/mol. The molecule has 1 aromatic heterocycles. The standard InChI is InChI=1S/C12H10BrN3/c13-9-3-1-2-8(4-9)12-10-5-14-6-11(10)15-7-16-12/h1-4,7,14H,5-6H2. The molecule has 0 atom stereocenters. The van der Waals surface area contributed by atoms with Crippen LogP contribution < -0.4 is 5.32 Å². The van der Waals surface area contributed by atoms with Crippen LogP contribution in [0.4, 0.5) is 0 Å². The van der Waals surface area contributed by atoms with Crippen molar-refractivity contribution >= 4 is 15.9 Å². The maximum atomic E-state index is 4.39. The highest BCUT2D eigenvalue weighted by Gasteiger charge is 2.17. The molecule has 0 aliphatic carbocycles. The lowest BCUT2D eigenvalue weighted by molar-refractivity contribution is 0.758. The molecule has 0 unspecified atom stereocenters. The Morgan fingerprint density at radius 3 is 3.00 bits per heavy atom. The third-order valence-corrected chi connectivity index (χ3v) is 3.22. The Morgan fingerprint density at radius 2 is 2.12 bits per heavy atom. The molecule has 2 aromatic rings. The molecule has 0 spiro atoms. The Morgan fingerprint density at radius 1 is 1.19 bits per heavy atom. The van der Waals surface area contributed by atoms with E-state index in [9.17, 15) is 0 Å². The smallest absolute Gasteiger partial charge is 0.116 e. The molecule has 0 amide bonds. The van der Waals surface area contributed by atoms with Crippen molar-refractivity contribution in [1.29, 1.82) is 0 Å². The first kappa shape index (κ1) is 9.93. The molecule has 0 bridgehead atoms. The van der Waals surface area contributed by atoms with Crippen molar-refractivity contribution in [1.82, 2.24) is 15.3 Å². The van der Waals surface area contributed by atoms with Crippen molar-refractivity contribution in [2.75, 3.05) is 0 Å². The molecule has 4 heteroatoms. The van der Waals surface area contributed by atoms with E-state index in [1.165, 1.54) is 5.56 Å². The van der Waals surface area contributed by atoms with Gasteiger partial charge in [0.15, 0.2) is 0 Å². The van der Waals surface area contributed by atoms with E-state index in [4.69, 9.17) is 0 Å². The van der Waals surface area contributed by atoms with Gasteiger partial charge in [-0.2, -0.15) is 0 Å². The van der Waals surface area contributed by atoms with E-state index in [0.29, 0.717) is 0 Å².